The fourth-order valence-electron chi connectivity index (χ4n) is 1.77. The number of aromatic nitrogens is 2. The van der Waals surface area contributed by atoms with Crippen molar-refractivity contribution in [2.75, 3.05) is 11.9 Å². The van der Waals surface area contributed by atoms with Gasteiger partial charge in [0.1, 0.15) is 10.3 Å². The van der Waals surface area contributed by atoms with E-state index in [-0.39, 0.29) is 11.6 Å². The molecule has 4 N–H and O–H groups in total. The maximum Gasteiger partial charge on any atom is 0.267 e. The summed E-state index contributed by atoms with van der Waals surface area (Å²) in [6.45, 7) is 0.454. The smallest absolute Gasteiger partial charge is 0.267 e. The van der Waals surface area contributed by atoms with E-state index in [0.29, 0.717) is 16.8 Å². The van der Waals surface area contributed by atoms with Crippen LogP contribution in [0.5, 0.6) is 0 Å². The number of rotatable bonds is 5. The van der Waals surface area contributed by atoms with Gasteiger partial charge in [0.15, 0.2) is 0 Å². The Morgan fingerprint density at radius 3 is 2.79 bits per heavy atom. The number of anilines is 1. The zero-order chi connectivity index (χ0) is 13.7. The first-order chi connectivity index (χ1) is 9.20. The first-order valence-electron chi connectivity index (χ1n) is 5.94. The summed E-state index contributed by atoms with van der Waals surface area (Å²) in [7, 11) is 0. The van der Waals surface area contributed by atoms with Crippen LogP contribution in [0.2, 0.25) is 0 Å². The average Bonchev–Trinajstić information content (AvgIpc) is 2.44. The third-order valence-electron chi connectivity index (χ3n) is 2.75. The van der Waals surface area contributed by atoms with Crippen molar-refractivity contribution >= 4 is 21.7 Å². The minimum absolute atomic E-state index is 0.0213. The molecule has 6 heteroatoms. The second-order valence-corrected chi connectivity index (χ2v) is 4.95. The van der Waals surface area contributed by atoms with Crippen LogP contribution in [0.3, 0.4) is 0 Å². The van der Waals surface area contributed by atoms with Crippen LogP contribution in [0.1, 0.15) is 5.56 Å². The van der Waals surface area contributed by atoms with Crippen LogP contribution >= 0.6 is 15.9 Å². The first-order valence-corrected chi connectivity index (χ1v) is 6.73. The Bertz CT molecular complexity index is 585. The van der Waals surface area contributed by atoms with E-state index < -0.39 is 0 Å². The van der Waals surface area contributed by atoms with Gasteiger partial charge in [-0.25, -0.2) is 4.98 Å². The molecule has 2 rings (SSSR count). The molecule has 0 aliphatic rings. The number of halogens is 1. The Labute approximate surface area is 119 Å². The quantitative estimate of drug-likeness (QED) is 0.779. The molecule has 1 aromatic heterocycles. The SMILES string of the molecule is NCC(Cc1ccccc1)Nc1nc[nH]c(=O)c1Br. The third-order valence-corrected chi connectivity index (χ3v) is 3.48. The van der Waals surface area contributed by atoms with Gasteiger partial charge in [0.05, 0.1) is 6.33 Å². The molecule has 0 radical (unpaired) electrons. The van der Waals surface area contributed by atoms with Gasteiger partial charge in [-0.1, -0.05) is 30.3 Å². The highest BCUT2D eigenvalue weighted by molar-refractivity contribution is 9.10. The highest BCUT2D eigenvalue weighted by Crippen LogP contribution is 2.15. The van der Waals surface area contributed by atoms with Crippen LogP contribution < -0.4 is 16.6 Å². The lowest BCUT2D eigenvalue weighted by Crippen LogP contribution is -2.32. The first kappa shape index (κ1) is 13.8. The number of H-pyrrole nitrogens is 1. The molecule has 0 fully saturated rings. The van der Waals surface area contributed by atoms with Gasteiger partial charge in [-0.15, -0.1) is 0 Å². The maximum absolute atomic E-state index is 11.5. The summed E-state index contributed by atoms with van der Waals surface area (Å²) in [5, 5.41) is 3.18. The minimum Gasteiger partial charge on any atom is -0.365 e. The van der Waals surface area contributed by atoms with E-state index >= 15 is 0 Å². The van der Waals surface area contributed by atoms with Crippen LogP contribution in [-0.4, -0.2) is 22.6 Å². The van der Waals surface area contributed by atoms with Gasteiger partial charge in [-0.05, 0) is 27.9 Å². The number of nitrogens with one attached hydrogen (secondary N) is 2. The fraction of sp³-hybridized carbons (Fsp3) is 0.231. The van der Waals surface area contributed by atoms with Crippen molar-refractivity contribution in [3.8, 4) is 0 Å². The van der Waals surface area contributed by atoms with E-state index in [1.807, 2.05) is 30.3 Å². The Balaban J connectivity index is 2.11. The molecule has 2 aromatic rings. The average molecular weight is 323 g/mol. The number of nitrogens with two attached hydrogens (primary N) is 1. The normalized spacial score (nSPS) is 12.1. The summed E-state index contributed by atoms with van der Waals surface area (Å²) < 4.78 is 0.390. The molecule has 0 saturated carbocycles. The van der Waals surface area contributed by atoms with Crippen LogP contribution in [0.25, 0.3) is 0 Å². The summed E-state index contributed by atoms with van der Waals surface area (Å²) in [6, 6.07) is 10.1. The molecular formula is C13H15BrN4O. The highest BCUT2D eigenvalue weighted by atomic mass is 79.9. The van der Waals surface area contributed by atoms with Crippen LogP contribution in [0, 0.1) is 0 Å². The molecule has 0 amide bonds. The van der Waals surface area contributed by atoms with Gasteiger partial charge < -0.3 is 16.0 Å². The zero-order valence-electron chi connectivity index (χ0n) is 10.3. The molecule has 0 bridgehead atoms. The van der Waals surface area contributed by atoms with E-state index in [2.05, 4.69) is 31.2 Å². The van der Waals surface area contributed by atoms with Crippen molar-refractivity contribution in [2.24, 2.45) is 5.73 Å². The van der Waals surface area contributed by atoms with Gasteiger partial charge in [0.2, 0.25) is 0 Å². The molecule has 1 heterocycles. The van der Waals surface area contributed by atoms with Gasteiger partial charge >= 0.3 is 0 Å². The number of aromatic amines is 1. The second-order valence-electron chi connectivity index (χ2n) is 4.16. The molecule has 1 aromatic carbocycles. The molecule has 0 aliphatic carbocycles. The lowest BCUT2D eigenvalue weighted by atomic mass is 10.1. The van der Waals surface area contributed by atoms with E-state index in [1.54, 1.807) is 0 Å². The third kappa shape index (κ3) is 3.65. The molecular weight excluding hydrogens is 308 g/mol. The Morgan fingerprint density at radius 1 is 1.37 bits per heavy atom. The van der Waals surface area contributed by atoms with E-state index in [4.69, 9.17) is 5.73 Å². The molecule has 5 nitrogen and oxygen atoms in total. The molecule has 0 aliphatic heterocycles. The lowest BCUT2D eigenvalue weighted by Gasteiger charge is -2.18. The summed E-state index contributed by atoms with van der Waals surface area (Å²) in [6.07, 6.45) is 2.14. The van der Waals surface area contributed by atoms with Crippen LogP contribution in [0.4, 0.5) is 5.82 Å². The summed E-state index contributed by atoms with van der Waals surface area (Å²) in [5.41, 5.74) is 6.74. The summed E-state index contributed by atoms with van der Waals surface area (Å²) in [5.74, 6) is 0.509. The molecule has 1 atom stereocenters. The highest BCUT2D eigenvalue weighted by Gasteiger charge is 2.12. The molecule has 1 unspecified atom stereocenters. The maximum atomic E-state index is 11.5. The van der Waals surface area contributed by atoms with Crippen molar-refractivity contribution in [1.29, 1.82) is 0 Å². The predicted molar refractivity (Wildman–Crippen MR) is 79.2 cm³/mol. The van der Waals surface area contributed by atoms with Crippen molar-refractivity contribution in [3.05, 3.63) is 57.0 Å². The molecule has 100 valence electrons. The van der Waals surface area contributed by atoms with Gasteiger partial charge in [0, 0.05) is 12.6 Å². The number of hydrogen-bond acceptors (Lipinski definition) is 4. The molecule has 19 heavy (non-hydrogen) atoms. The van der Waals surface area contributed by atoms with E-state index in [9.17, 15) is 4.79 Å². The van der Waals surface area contributed by atoms with E-state index in [1.165, 1.54) is 11.9 Å². The monoisotopic (exact) mass is 322 g/mol. The van der Waals surface area contributed by atoms with Crippen LogP contribution in [-0.2, 0) is 6.42 Å². The van der Waals surface area contributed by atoms with Crippen molar-refractivity contribution in [1.82, 2.24) is 9.97 Å². The van der Waals surface area contributed by atoms with Gasteiger partial charge in [-0.3, -0.25) is 4.79 Å². The van der Waals surface area contributed by atoms with Crippen molar-refractivity contribution in [3.63, 3.8) is 0 Å². The summed E-state index contributed by atoms with van der Waals surface area (Å²) in [4.78, 5) is 18.0. The number of hydrogen-bond donors (Lipinski definition) is 3. The zero-order valence-corrected chi connectivity index (χ0v) is 11.9. The predicted octanol–water partition coefficient (Wildman–Crippen LogP) is 1.51. The minimum atomic E-state index is -0.215. The standard InChI is InChI=1S/C13H15BrN4O/c14-11-12(16-8-17-13(11)19)18-10(7-15)6-9-4-2-1-3-5-9/h1-5,8,10H,6-7,15H2,(H2,16,17,18,19). The molecule has 0 saturated heterocycles. The Kier molecular flexibility index (Phi) is 4.70. The van der Waals surface area contributed by atoms with Gasteiger partial charge in [-0.2, -0.15) is 0 Å². The fourth-order valence-corrected chi connectivity index (χ4v) is 2.10. The van der Waals surface area contributed by atoms with Crippen molar-refractivity contribution < 1.29 is 0 Å². The number of benzene rings is 1. The Morgan fingerprint density at radius 2 is 2.11 bits per heavy atom. The molecule has 0 spiro atoms. The lowest BCUT2D eigenvalue weighted by molar-refractivity contribution is 0.718. The largest absolute Gasteiger partial charge is 0.365 e. The topological polar surface area (TPSA) is 83.8 Å². The van der Waals surface area contributed by atoms with E-state index in [0.717, 1.165) is 6.42 Å². The Hall–Kier alpha value is -1.66. The van der Waals surface area contributed by atoms with Crippen LogP contribution in [0.15, 0.2) is 45.9 Å². The number of nitrogens with zero attached hydrogens (tertiary/aromatic N) is 1. The van der Waals surface area contributed by atoms with Crippen molar-refractivity contribution in [2.45, 2.75) is 12.5 Å². The second kappa shape index (κ2) is 6.49. The summed E-state index contributed by atoms with van der Waals surface area (Å²) >= 11 is 3.21. The van der Waals surface area contributed by atoms with Gasteiger partial charge in [0.25, 0.3) is 5.56 Å².